The van der Waals surface area contributed by atoms with Crippen molar-refractivity contribution in [2.75, 3.05) is 0 Å². The van der Waals surface area contributed by atoms with Gasteiger partial charge in [0.15, 0.2) is 0 Å². The van der Waals surface area contributed by atoms with Crippen LogP contribution in [0.25, 0.3) is 10.9 Å². The number of benzene rings is 1. The minimum Gasteiger partial charge on any atom is -0.361 e. The van der Waals surface area contributed by atoms with Crippen LogP contribution < -0.4 is 5.73 Å². The Kier molecular flexibility index (Phi) is 2.03. The average molecular weight is 200 g/mol. The van der Waals surface area contributed by atoms with Gasteiger partial charge in [0, 0.05) is 23.1 Å². The molecule has 0 aliphatic heterocycles. The summed E-state index contributed by atoms with van der Waals surface area (Å²) in [6.45, 7) is 0. The highest BCUT2D eigenvalue weighted by atomic mass is 14.7. The van der Waals surface area contributed by atoms with E-state index in [0.29, 0.717) is 12.0 Å². The number of rotatable bonds is 1. The first-order chi connectivity index (χ1) is 7.34. The lowest BCUT2D eigenvalue weighted by Gasteiger charge is -2.07. The van der Waals surface area contributed by atoms with Crippen LogP contribution in [0, 0.1) is 0 Å². The van der Waals surface area contributed by atoms with Crippen LogP contribution in [0.5, 0.6) is 0 Å². The second kappa shape index (κ2) is 3.38. The van der Waals surface area contributed by atoms with E-state index in [1.54, 1.807) is 0 Å². The van der Waals surface area contributed by atoms with Gasteiger partial charge in [-0.1, -0.05) is 18.2 Å². The number of hydrogen-bond acceptors (Lipinski definition) is 1. The van der Waals surface area contributed by atoms with Crippen molar-refractivity contribution in [3.63, 3.8) is 0 Å². The molecule has 1 aromatic carbocycles. The molecule has 1 heterocycles. The normalized spacial score (nSPS) is 26.2. The van der Waals surface area contributed by atoms with Gasteiger partial charge in [-0.3, -0.25) is 0 Å². The van der Waals surface area contributed by atoms with Gasteiger partial charge in [0.1, 0.15) is 0 Å². The summed E-state index contributed by atoms with van der Waals surface area (Å²) in [5.41, 5.74) is 8.67. The van der Waals surface area contributed by atoms with Crippen LogP contribution >= 0.6 is 0 Å². The highest BCUT2D eigenvalue weighted by molar-refractivity contribution is 5.83. The maximum atomic E-state index is 5.97. The van der Waals surface area contributed by atoms with Gasteiger partial charge in [-0.25, -0.2) is 0 Å². The predicted octanol–water partition coefficient (Wildman–Crippen LogP) is 2.76. The number of fused-ring (bicyclic) bond motifs is 1. The average Bonchev–Trinajstić information content (AvgIpc) is 2.83. The molecule has 1 aromatic heterocycles. The van der Waals surface area contributed by atoms with Crippen LogP contribution in [0.2, 0.25) is 0 Å². The summed E-state index contributed by atoms with van der Waals surface area (Å²) in [4.78, 5) is 3.34. The van der Waals surface area contributed by atoms with Crippen LogP contribution in [0.3, 0.4) is 0 Å². The Morgan fingerprint density at radius 2 is 2.07 bits per heavy atom. The fraction of sp³-hybridized carbons (Fsp3) is 0.385. The first kappa shape index (κ1) is 8.98. The Balaban J connectivity index is 2.04. The maximum absolute atomic E-state index is 5.97. The predicted molar refractivity (Wildman–Crippen MR) is 62.9 cm³/mol. The van der Waals surface area contributed by atoms with Gasteiger partial charge in [0.2, 0.25) is 0 Å². The molecule has 2 atom stereocenters. The molecular formula is C13H16N2. The Labute approximate surface area is 89.5 Å². The molecule has 3 rings (SSSR count). The van der Waals surface area contributed by atoms with Gasteiger partial charge < -0.3 is 10.7 Å². The van der Waals surface area contributed by atoms with E-state index < -0.39 is 0 Å². The van der Waals surface area contributed by atoms with E-state index in [1.807, 2.05) is 0 Å². The van der Waals surface area contributed by atoms with Crippen LogP contribution in [0.1, 0.15) is 30.7 Å². The summed E-state index contributed by atoms with van der Waals surface area (Å²) >= 11 is 0. The van der Waals surface area contributed by atoms with E-state index in [9.17, 15) is 0 Å². The number of nitrogens with one attached hydrogen (secondary N) is 1. The number of nitrogens with two attached hydrogens (primary N) is 1. The Hall–Kier alpha value is -1.28. The van der Waals surface area contributed by atoms with Gasteiger partial charge in [0.05, 0.1) is 0 Å². The van der Waals surface area contributed by atoms with Gasteiger partial charge in [0.25, 0.3) is 0 Å². The van der Waals surface area contributed by atoms with Gasteiger partial charge in [-0.2, -0.15) is 0 Å². The van der Waals surface area contributed by atoms with Crippen molar-refractivity contribution >= 4 is 10.9 Å². The number of aromatic amines is 1. The Morgan fingerprint density at radius 3 is 2.87 bits per heavy atom. The maximum Gasteiger partial charge on any atom is 0.0456 e. The minimum absolute atomic E-state index is 0.406. The van der Waals surface area contributed by atoms with E-state index >= 15 is 0 Å². The van der Waals surface area contributed by atoms with E-state index in [4.69, 9.17) is 5.73 Å². The van der Waals surface area contributed by atoms with Crippen molar-refractivity contribution in [1.82, 2.24) is 4.98 Å². The molecule has 2 heteroatoms. The number of aromatic nitrogens is 1. The quantitative estimate of drug-likeness (QED) is 0.730. The van der Waals surface area contributed by atoms with Crippen LogP contribution in [0.15, 0.2) is 30.5 Å². The smallest absolute Gasteiger partial charge is 0.0456 e. The second-order valence-corrected chi connectivity index (χ2v) is 4.56. The monoisotopic (exact) mass is 200 g/mol. The fourth-order valence-electron chi connectivity index (χ4n) is 2.73. The Bertz CT molecular complexity index is 472. The summed E-state index contributed by atoms with van der Waals surface area (Å²) in [7, 11) is 0. The zero-order valence-corrected chi connectivity index (χ0v) is 8.74. The van der Waals surface area contributed by atoms with E-state index in [2.05, 4.69) is 35.4 Å². The largest absolute Gasteiger partial charge is 0.361 e. The van der Waals surface area contributed by atoms with Crippen molar-refractivity contribution in [3.05, 3.63) is 36.0 Å². The van der Waals surface area contributed by atoms with Crippen LogP contribution in [0.4, 0.5) is 0 Å². The molecule has 0 bridgehead atoms. The van der Waals surface area contributed by atoms with Crippen LogP contribution in [-0.4, -0.2) is 11.0 Å². The summed E-state index contributed by atoms with van der Waals surface area (Å²) in [5.74, 6) is 0.663. The summed E-state index contributed by atoms with van der Waals surface area (Å²) in [5, 5.41) is 1.37. The lowest BCUT2D eigenvalue weighted by molar-refractivity contribution is 0.677. The van der Waals surface area contributed by atoms with Crippen molar-refractivity contribution in [1.29, 1.82) is 0 Å². The van der Waals surface area contributed by atoms with Crippen LogP contribution in [-0.2, 0) is 0 Å². The van der Waals surface area contributed by atoms with E-state index in [0.717, 1.165) is 6.42 Å². The lowest BCUT2D eigenvalue weighted by Crippen LogP contribution is -2.14. The van der Waals surface area contributed by atoms with E-state index in [-0.39, 0.29) is 0 Å². The first-order valence-corrected chi connectivity index (χ1v) is 5.66. The molecule has 0 spiro atoms. The molecule has 1 saturated carbocycles. The standard InChI is InChI=1S/C13H16N2/c14-10-6-5-9(7-10)12-8-15-13-4-2-1-3-11(12)13/h1-4,8-10,15H,5-7,14H2/t9-,10+/m0/s1. The van der Waals surface area contributed by atoms with Gasteiger partial charge >= 0.3 is 0 Å². The number of hydrogen-bond donors (Lipinski definition) is 2. The topological polar surface area (TPSA) is 41.8 Å². The highest BCUT2D eigenvalue weighted by Crippen LogP contribution is 2.36. The third-order valence-corrected chi connectivity index (χ3v) is 3.53. The number of H-pyrrole nitrogens is 1. The van der Waals surface area contributed by atoms with Gasteiger partial charge in [-0.15, -0.1) is 0 Å². The third kappa shape index (κ3) is 1.45. The number of para-hydroxylation sites is 1. The molecule has 2 nitrogen and oxygen atoms in total. The first-order valence-electron chi connectivity index (χ1n) is 5.66. The zero-order chi connectivity index (χ0) is 10.3. The summed E-state index contributed by atoms with van der Waals surface area (Å²) in [6, 6.07) is 8.92. The molecular weight excluding hydrogens is 184 g/mol. The fourth-order valence-corrected chi connectivity index (χ4v) is 2.73. The molecule has 0 unspecified atom stereocenters. The molecule has 3 N–H and O–H groups in total. The summed E-state index contributed by atoms with van der Waals surface area (Å²) in [6.07, 6.45) is 5.71. The molecule has 1 aliphatic carbocycles. The second-order valence-electron chi connectivity index (χ2n) is 4.56. The van der Waals surface area contributed by atoms with Crippen molar-refractivity contribution in [2.45, 2.75) is 31.2 Å². The summed E-state index contributed by atoms with van der Waals surface area (Å²) < 4.78 is 0. The molecule has 15 heavy (non-hydrogen) atoms. The molecule has 1 fully saturated rings. The lowest BCUT2D eigenvalue weighted by atomic mass is 9.97. The van der Waals surface area contributed by atoms with Crippen molar-refractivity contribution in [3.8, 4) is 0 Å². The highest BCUT2D eigenvalue weighted by Gasteiger charge is 2.24. The van der Waals surface area contributed by atoms with Crippen molar-refractivity contribution in [2.24, 2.45) is 5.73 Å². The van der Waals surface area contributed by atoms with Gasteiger partial charge in [-0.05, 0) is 36.8 Å². The molecule has 1 aliphatic rings. The molecule has 78 valence electrons. The van der Waals surface area contributed by atoms with E-state index in [1.165, 1.54) is 29.3 Å². The molecule has 2 aromatic rings. The minimum atomic E-state index is 0.406. The zero-order valence-electron chi connectivity index (χ0n) is 8.74. The SMILES string of the molecule is N[C@@H]1CC[C@H](c2c[nH]c3ccccc23)C1. The third-order valence-electron chi connectivity index (χ3n) is 3.53. The molecule has 0 saturated heterocycles. The van der Waals surface area contributed by atoms with Crippen molar-refractivity contribution < 1.29 is 0 Å². The Morgan fingerprint density at radius 1 is 1.20 bits per heavy atom. The molecule has 0 amide bonds. The molecule has 0 radical (unpaired) electrons.